The van der Waals surface area contributed by atoms with E-state index in [-0.39, 0.29) is 5.91 Å². The van der Waals surface area contributed by atoms with Crippen molar-refractivity contribution in [3.8, 4) is 0 Å². The fourth-order valence-electron chi connectivity index (χ4n) is 2.47. The summed E-state index contributed by atoms with van der Waals surface area (Å²) in [5, 5.41) is 3.01. The molecule has 0 spiro atoms. The van der Waals surface area contributed by atoms with E-state index in [9.17, 15) is 4.79 Å². The lowest BCUT2D eigenvalue weighted by Gasteiger charge is -2.18. The Morgan fingerprint density at radius 1 is 1.32 bits per heavy atom. The molecule has 2 aromatic rings. The number of amides is 1. The quantitative estimate of drug-likeness (QED) is 0.893. The van der Waals surface area contributed by atoms with Crippen LogP contribution in [0.4, 0.5) is 11.4 Å². The van der Waals surface area contributed by atoms with Crippen molar-refractivity contribution in [2.75, 3.05) is 23.8 Å². The van der Waals surface area contributed by atoms with E-state index >= 15 is 0 Å². The van der Waals surface area contributed by atoms with Gasteiger partial charge in [-0.1, -0.05) is 18.2 Å². The molecule has 3 rings (SSSR count). The predicted molar refractivity (Wildman–Crippen MR) is 75.6 cm³/mol. The molecule has 4 nitrogen and oxygen atoms in total. The molecule has 0 saturated carbocycles. The molecule has 1 N–H and O–H groups in total. The number of nitrogens with one attached hydrogen (secondary N) is 1. The Morgan fingerprint density at radius 3 is 3.00 bits per heavy atom. The molecular weight excluding hydrogens is 238 g/mol. The normalized spacial score (nSPS) is 13.2. The van der Waals surface area contributed by atoms with E-state index in [1.54, 1.807) is 25.5 Å². The number of hydrogen-bond donors (Lipinski definition) is 1. The van der Waals surface area contributed by atoms with Crippen LogP contribution in [0.2, 0.25) is 0 Å². The fourth-order valence-corrected chi connectivity index (χ4v) is 2.47. The zero-order valence-corrected chi connectivity index (χ0v) is 10.8. The molecule has 0 atom stereocenters. The highest BCUT2D eigenvalue weighted by Crippen LogP contribution is 2.29. The summed E-state index contributed by atoms with van der Waals surface area (Å²) in [6, 6.07) is 9.82. The van der Waals surface area contributed by atoms with Gasteiger partial charge in [-0.05, 0) is 24.1 Å². The number of aromatic nitrogens is 1. The highest BCUT2D eigenvalue weighted by atomic mass is 16.2. The molecule has 2 heterocycles. The minimum Gasteiger partial charge on any atom is -0.386 e. The number of carbonyl (C=O) groups is 1. The summed E-state index contributed by atoms with van der Waals surface area (Å²) in [5.74, 6) is 0.0247. The molecule has 0 unspecified atom stereocenters. The largest absolute Gasteiger partial charge is 0.386 e. The average molecular weight is 253 g/mol. The molecule has 0 saturated heterocycles. The first-order valence-corrected chi connectivity index (χ1v) is 6.33. The summed E-state index contributed by atoms with van der Waals surface area (Å²) >= 11 is 0. The van der Waals surface area contributed by atoms with Crippen LogP contribution in [0.15, 0.2) is 42.7 Å². The number of nitrogens with zero attached hydrogens (tertiary/aromatic N) is 2. The van der Waals surface area contributed by atoms with Gasteiger partial charge in [-0.25, -0.2) is 0 Å². The number of rotatable bonds is 2. The highest BCUT2D eigenvalue weighted by molar-refractivity contribution is 6.10. The van der Waals surface area contributed by atoms with Crippen molar-refractivity contribution >= 4 is 17.3 Å². The standard InChI is InChI=1S/C15H15N3O/c1-16-13-10-17-8-6-12(13)15(19)18-9-7-11-4-2-3-5-14(11)18/h2-6,8,10,16H,7,9H2,1H3. The molecular formula is C15H15N3O. The van der Waals surface area contributed by atoms with Crippen LogP contribution in [-0.2, 0) is 6.42 Å². The number of para-hydroxylation sites is 1. The van der Waals surface area contributed by atoms with Gasteiger partial charge in [-0.15, -0.1) is 0 Å². The number of hydrogen-bond acceptors (Lipinski definition) is 3. The van der Waals surface area contributed by atoms with Crippen molar-refractivity contribution in [3.63, 3.8) is 0 Å². The molecule has 0 bridgehead atoms. The Labute approximate surface area is 112 Å². The third-order valence-electron chi connectivity index (χ3n) is 3.45. The average Bonchev–Trinajstić information content (AvgIpc) is 2.90. The van der Waals surface area contributed by atoms with Crippen molar-refractivity contribution in [2.45, 2.75) is 6.42 Å². The van der Waals surface area contributed by atoms with Crippen molar-refractivity contribution in [1.29, 1.82) is 0 Å². The maximum absolute atomic E-state index is 12.6. The van der Waals surface area contributed by atoms with E-state index in [1.807, 2.05) is 23.1 Å². The van der Waals surface area contributed by atoms with Gasteiger partial charge in [0.05, 0.1) is 17.4 Å². The summed E-state index contributed by atoms with van der Waals surface area (Å²) in [4.78, 5) is 18.5. The zero-order valence-electron chi connectivity index (χ0n) is 10.8. The lowest BCUT2D eigenvalue weighted by Crippen LogP contribution is -2.29. The van der Waals surface area contributed by atoms with Crippen LogP contribution < -0.4 is 10.2 Å². The molecule has 0 radical (unpaired) electrons. The Morgan fingerprint density at radius 2 is 2.16 bits per heavy atom. The molecule has 1 aromatic heterocycles. The number of carbonyl (C=O) groups excluding carboxylic acids is 1. The lowest BCUT2D eigenvalue weighted by atomic mass is 10.1. The minimum absolute atomic E-state index is 0.0247. The lowest BCUT2D eigenvalue weighted by molar-refractivity contribution is 0.0990. The van der Waals surface area contributed by atoms with Crippen LogP contribution in [0.25, 0.3) is 0 Å². The number of benzene rings is 1. The van der Waals surface area contributed by atoms with E-state index < -0.39 is 0 Å². The summed E-state index contributed by atoms with van der Waals surface area (Å²) in [5.41, 5.74) is 3.67. The van der Waals surface area contributed by atoms with Gasteiger partial charge in [0, 0.05) is 25.5 Å². The van der Waals surface area contributed by atoms with Gasteiger partial charge in [0.15, 0.2) is 0 Å². The maximum atomic E-state index is 12.6. The molecule has 4 heteroatoms. The SMILES string of the molecule is CNc1cnccc1C(=O)N1CCc2ccccc21. The first-order valence-electron chi connectivity index (χ1n) is 6.33. The smallest absolute Gasteiger partial charge is 0.260 e. The van der Waals surface area contributed by atoms with Crippen LogP contribution >= 0.6 is 0 Å². The molecule has 0 fully saturated rings. The van der Waals surface area contributed by atoms with E-state index in [2.05, 4.69) is 16.4 Å². The summed E-state index contributed by atoms with van der Waals surface area (Å²) in [6.07, 6.45) is 4.24. The van der Waals surface area contributed by atoms with E-state index in [0.29, 0.717) is 5.56 Å². The van der Waals surface area contributed by atoms with Gasteiger partial charge in [0.25, 0.3) is 5.91 Å². The second kappa shape index (κ2) is 4.72. The number of fused-ring (bicyclic) bond motifs is 1. The van der Waals surface area contributed by atoms with E-state index in [0.717, 1.165) is 24.3 Å². The van der Waals surface area contributed by atoms with Crippen molar-refractivity contribution in [1.82, 2.24) is 4.98 Å². The third kappa shape index (κ3) is 1.95. The van der Waals surface area contributed by atoms with Gasteiger partial charge in [-0.3, -0.25) is 9.78 Å². The van der Waals surface area contributed by atoms with Gasteiger partial charge in [0.2, 0.25) is 0 Å². The minimum atomic E-state index is 0.0247. The first-order chi connectivity index (χ1) is 9.31. The molecule has 1 aromatic carbocycles. The van der Waals surface area contributed by atoms with Crippen LogP contribution in [0.5, 0.6) is 0 Å². The Balaban J connectivity index is 1.98. The van der Waals surface area contributed by atoms with Gasteiger partial charge in [0.1, 0.15) is 0 Å². The molecule has 0 aliphatic carbocycles. The molecule has 1 aliphatic rings. The van der Waals surface area contributed by atoms with Gasteiger partial charge < -0.3 is 10.2 Å². The monoisotopic (exact) mass is 253 g/mol. The first kappa shape index (κ1) is 11.7. The number of anilines is 2. The Bertz CT molecular complexity index is 624. The molecule has 19 heavy (non-hydrogen) atoms. The highest BCUT2D eigenvalue weighted by Gasteiger charge is 2.26. The van der Waals surface area contributed by atoms with Crippen molar-refractivity contribution < 1.29 is 4.79 Å². The zero-order chi connectivity index (χ0) is 13.2. The van der Waals surface area contributed by atoms with Gasteiger partial charge in [-0.2, -0.15) is 0 Å². The van der Waals surface area contributed by atoms with Crippen LogP contribution in [0, 0.1) is 0 Å². The second-order valence-corrected chi connectivity index (χ2v) is 4.51. The van der Waals surface area contributed by atoms with Crippen LogP contribution in [-0.4, -0.2) is 24.5 Å². The molecule has 1 amide bonds. The van der Waals surface area contributed by atoms with Crippen molar-refractivity contribution in [2.24, 2.45) is 0 Å². The third-order valence-corrected chi connectivity index (χ3v) is 3.45. The number of pyridine rings is 1. The molecule has 96 valence electrons. The van der Waals surface area contributed by atoms with Crippen LogP contribution in [0.1, 0.15) is 15.9 Å². The van der Waals surface area contributed by atoms with Gasteiger partial charge >= 0.3 is 0 Å². The summed E-state index contributed by atoms with van der Waals surface area (Å²) in [6.45, 7) is 0.740. The Hall–Kier alpha value is -2.36. The summed E-state index contributed by atoms with van der Waals surface area (Å²) < 4.78 is 0. The predicted octanol–water partition coefficient (Wildman–Crippen LogP) is 2.33. The fraction of sp³-hybridized carbons (Fsp3) is 0.200. The Kier molecular flexibility index (Phi) is 2.91. The van der Waals surface area contributed by atoms with Crippen molar-refractivity contribution in [3.05, 3.63) is 53.9 Å². The van der Waals surface area contributed by atoms with E-state index in [4.69, 9.17) is 0 Å². The van der Waals surface area contributed by atoms with Crippen LogP contribution in [0.3, 0.4) is 0 Å². The topological polar surface area (TPSA) is 45.2 Å². The maximum Gasteiger partial charge on any atom is 0.260 e. The molecule has 1 aliphatic heterocycles. The van der Waals surface area contributed by atoms with E-state index in [1.165, 1.54) is 5.56 Å². The summed E-state index contributed by atoms with van der Waals surface area (Å²) in [7, 11) is 1.80. The second-order valence-electron chi connectivity index (χ2n) is 4.51.